The topological polar surface area (TPSA) is 77.9 Å². The molecule has 0 aliphatic heterocycles. The van der Waals surface area contributed by atoms with Crippen LogP contribution in [-0.4, -0.2) is 15.9 Å². The van der Waals surface area contributed by atoms with E-state index < -0.39 is 18.0 Å². The van der Waals surface area contributed by atoms with E-state index in [1.165, 1.54) is 24.3 Å². The van der Waals surface area contributed by atoms with Crippen molar-refractivity contribution in [1.82, 2.24) is 9.97 Å². The normalized spacial score (nSPS) is 11.5. The van der Waals surface area contributed by atoms with Crippen molar-refractivity contribution >= 4 is 28.4 Å². The molecule has 1 N–H and O–H groups in total. The monoisotopic (exact) mass is 346 g/mol. The average Bonchev–Trinajstić information content (AvgIpc) is 2.55. The summed E-state index contributed by atoms with van der Waals surface area (Å²) in [5.74, 6) is -2.72. The van der Waals surface area contributed by atoms with Crippen molar-refractivity contribution in [1.29, 1.82) is 0 Å². The molecule has 0 radical (unpaired) electrons. The number of nitrogens with zero attached hydrogens (tertiary/aromatic N) is 2. The van der Waals surface area contributed by atoms with Crippen molar-refractivity contribution in [2.24, 2.45) is 0 Å². The number of hydrogen-bond acceptors (Lipinski definition) is 5. The predicted octanol–water partition coefficient (Wildman–Crippen LogP) is 3.06. The summed E-state index contributed by atoms with van der Waals surface area (Å²) in [4.78, 5) is 18.1. The molecule has 0 amide bonds. The number of benzene rings is 2. The van der Waals surface area contributed by atoms with Gasteiger partial charge in [0, 0.05) is 11.1 Å². The summed E-state index contributed by atoms with van der Waals surface area (Å²) < 4.78 is 39.1. The van der Waals surface area contributed by atoms with Gasteiger partial charge in [0.25, 0.3) is 0 Å². The Hall–Kier alpha value is -3.16. The Morgan fingerprint density at radius 3 is 2.52 bits per heavy atom. The van der Waals surface area contributed by atoms with Crippen LogP contribution in [0.2, 0.25) is 0 Å². The summed E-state index contributed by atoms with van der Waals surface area (Å²) in [7, 11) is 0. The molecule has 0 saturated carbocycles. The second kappa shape index (κ2) is 6.04. The van der Waals surface area contributed by atoms with E-state index in [-0.39, 0.29) is 16.9 Å². The number of halogens is 3. The number of aromatic carboxylic acids is 1. The Balaban J connectivity index is 2.15. The quantitative estimate of drug-likeness (QED) is 0.789. The summed E-state index contributed by atoms with van der Waals surface area (Å²) in [6, 6.07) is 10.4. The number of para-hydroxylation sites is 1. The summed E-state index contributed by atoms with van der Waals surface area (Å²) >= 11 is 0. The number of aryl methyl sites for hydroxylation is 1. The van der Waals surface area contributed by atoms with Crippen molar-refractivity contribution in [3.63, 3.8) is 0 Å². The average molecular weight is 346 g/mol. The molecule has 8 heteroatoms. The Kier molecular flexibility index (Phi) is 4.03. The first-order valence-electron chi connectivity index (χ1n) is 7.19. The van der Waals surface area contributed by atoms with E-state index in [0.29, 0.717) is 16.6 Å². The van der Waals surface area contributed by atoms with E-state index >= 15 is 0 Å². The van der Waals surface area contributed by atoms with Crippen LogP contribution in [0.4, 0.5) is 24.7 Å². The van der Waals surface area contributed by atoms with Crippen LogP contribution < -0.4 is 10.4 Å². The highest BCUT2D eigenvalue weighted by molar-refractivity contribution is 5.92. The van der Waals surface area contributed by atoms with E-state index in [2.05, 4.69) is 15.3 Å². The minimum absolute atomic E-state index is 0.0588. The van der Waals surface area contributed by atoms with Gasteiger partial charge in [0.05, 0.1) is 11.5 Å². The Morgan fingerprint density at radius 1 is 1.12 bits per heavy atom. The SMILES string of the molecule is Cc1ccc(C(=O)[O-])cc1Nc1nc(C(F)(F)F)nc2ccccc12. The van der Waals surface area contributed by atoms with Gasteiger partial charge < -0.3 is 15.2 Å². The van der Waals surface area contributed by atoms with Gasteiger partial charge in [-0.15, -0.1) is 0 Å². The van der Waals surface area contributed by atoms with E-state index in [0.717, 1.165) is 0 Å². The zero-order valence-electron chi connectivity index (χ0n) is 12.9. The Morgan fingerprint density at radius 2 is 1.84 bits per heavy atom. The minimum Gasteiger partial charge on any atom is -0.545 e. The van der Waals surface area contributed by atoms with Crippen LogP contribution >= 0.6 is 0 Å². The van der Waals surface area contributed by atoms with Gasteiger partial charge in [0.2, 0.25) is 5.82 Å². The van der Waals surface area contributed by atoms with Crippen LogP contribution in [0, 0.1) is 6.92 Å². The van der Waals surface area contributed by atoms with Gasteiger partial charge in [-0.3, -0.25) is 0 Å². The first-order valence-corrected chi connectivity index (χ1v) is 7.19. The molecule has 1 aromatic heterocycles. The highest BCUT2D eigenvalue weighted by atomic mass is 19.4. The fourth-order valence-corrected chi connectivity index (χ4v) is 2.31. The second-order valence-electron chi connectivity index (χ2n) is 5.35. The molecule has 0 atom stereocenters. The molecule has 128 valence electrons. The van der Waals surface area contributed by atoms with Crippen molar-refractivity contribution in [2.45, 2.75) is 13.1 Å². The van der Waals surface area contributed by atoms with E-state index in [4.69, 9.17) is 0 Å². The molecule has 0 spiro atoms. The maximum atomic E-state index is 13.0. The largest absolute Gasteiger partial charge is 0.545 e. The van der Waals surface area contributed by atoms with Gasteiger partial charge in [-0.1, -0.05) is 24.3 Å². The fraction of sp³-hybridized carbons (Fsp3) is 0.118. The molecule has 3 aromatic rings. The number of carbonyl (C=O) groups excluding carboxylic acids is 1. The van der Waals surface area contributed by atoms with Gasteiger partial charge in [0.1, 0.15) is 5.82 Å². The zero-order chi connectivity index (χ0) is 18.2. The fourth-order valence-electron chi connectivity index (χ4n) is 2.31. The van der Waals surface area contributed by atoms with E-state index in [1.807, 2.05) is 0 Å². The van der Waals surface area contributed by atoms with Gasteiger partial charge in [-0.2, -0.15) is 13.2 Å². The lowest BCUT2D eigenvalue weighted by atomic mass is 10.1. The maximum absolute atomic E-state index is 13.0. The molecule has 0 unspecified atom stereocenters. The van der Waals surface area contributed by atoms with Gasteiger partial charge in [0.15, 0.2) is 0 Å². The third-order valence-corrected chi connectivity index (χ3v) is 3.58. The van der Waals surface area contributed by atoms with Gasteiger partial charge in [-0.25, -0.2) is 9.97 Å². The Labute approximate surface area is 140 Å². The van der Waals surface area contributed by atoms with Crippen LogP contribution in [-0.2, 0) is 6.18 Å². The van der Waals surface area contributed by atoms with Crippen LogP contribution in [0.1, 0.15) is 21.7 Å². The molecule has 3 rings (SSSR count). The number of anilines is 2. The van der Waals surface area contributed by atoms with Crippen LogP contribution in [0.3, 0.4) is 0 Å². The predicted molar refractivity (Wildman–Crippen MR) is 83.3 cm³/mol. The summed E-state index contributed by atoms with van der Waals surface area (Å²) in [5.41, 5.74) is 0.989. The van der Waals surface area contributed by atoms with Gasteiger partial charge in [-0.05, 0) is 36.2 Å². The first kappa shape index (κ1) is 16.7. The number of hydrogen-bond donors (Lipinski definition) is 1. The minimum atomic E-state index is -4.71. The Bertz CT molecular complexity index is 971. The van der Waals surface area contributed by atoms with Crippen molar-refractivity contribution in [3.8, 4) is 0 Å². The number of rotatable bonds is 3. The second-order valence-corrected chi connectivity index (χ2v) is 5.35. The van der Waals surface area contributed by atoms with Crippen molar-refractivity contribution < 1.29 is 23.1 Å². The van der Waals surface area contributed by atoms with E-state index in [9.17, 15) is 23.1 Å². The standard InChI is InChI=1S/C17H12F3N3O2/c1-9-6-7-10(15(24)25)8-13(9)21-14-11-4-2-3-5-12(11)22-16(23-14)17(18,19)20/h2-8H,1H3,(H,24,25)(H,21,22,23)/p-1. The zero-order valence-corrected chi connectivity index (χ0v) is 12.9. The molecule has 0 bridgehead atoms. The number of carbonyl (C=O) groups is 1. The molecule has 0 aliphatic rings. The highest BCUT2D eigenvalue weighted by Gasteiger charge is 2.35. The van der Waals surface area contributed by atoms with Gasteiger partial charge >= 0.3 is 6.18 Å². The number of fused-ring (bicyclic) bond motifs is 1. The molecule has 25 heavy (non-hydrogen) atoms. The number of carboxylic acid groups (broad SMARTS) is 1. The molecule has 0 saturated heterocycles. The van der Waals surface area contributed by atoms with Crippen molar-refractivity contribution in [3.05, 3.63) is 59.4 Å². The summed E-state index contributed by atoms with van der Waals surface area (Å²) in [5, 5.41) is 14.2. The molecule has 1 heterocycles. The smallest absolute Gasteiger partial charge is 0.451 e. The van der Waals surface area contributed by atoms with E-state index in [1.54, 1.807) is 25.1 Å². The highest BCUT2D eigenvalue weighted by Crippen LogP contribution is 2.32. The molecular weight excluding hydrogens is 335 g/mol. The van der Waals surface area contributed by atoms with Crippen LogP contribution in [0.5, 0.6) is 0 Å². The number of carboxylic acids is 1. The van der Waals surface area contributed by atoms with Crippen LogP contribution in [0.15, 0.2) is 42.5 Å². The number of nitrogens with one attached hydrogen (secondary N) is 1. The molecule has 0 fully saturated rings. The summed E-state index contributed by atoms with van der Waals surface area (Å²) in [6.07, 6.45) is -4.71. The first-order chi connectivity index (χ1) is 11.8. The lowest BCUT2D eigenvalue weighted by Gasteiger charge is -2.15. The molecule has 5 nitrogen and oxygen atoms in total. The number of alkyl halides is 3. The maximum Gasteiger partial charge on any atom is 0.451 e. The summed E-state index contributed by atoms with van der Waals surface area (Å²) in [6.45, 7) is 1.69. The van der Waals surface area contributed by atoms with Crippen molar-refractivity contribution in [2.75, 3.05) is 5.32 Å². The lowest BCUT2D eigenvalue weighted by molar-refractivity contribution is -0.255. The third-order valence-electron chi connectivity index (χ3n) is 3.58. The van der Waals surface area contributed by atoms with Crippen LogP contribution in [0.25, 0.3) is 10.9 Å². The molecular formula is C17H11F3N3O2-. The molecule has 2 aromatic carbocycles. The third kappa shape index (κ3) is 3.37. The molecule has 0 aliphatic carbocycles. The lowest BCUT2D eigenvalue weighted by Crippen LogP contribution is -2.22. The number of aromatic nitrogens is 2.